The third-order valence-corrected chi connectivity index (χ3v) is 7.15. The van der Waals surface area contributed by atoms with Crippen molar-refractivity contribution in [1.29, 1.82) is 0 Å². The van der Waals surface area contributed by atoms with Crippen molar-refractivity contribution in [2.24, 2.45) is 0 Å². The Labute approximate surface area is 218 Å². The van der Waals surface area contributed by atoms with Crippen molar-refractivity contribution in [3.05, 3.63) is 107 Å². The van der Waals surface area contributed by atoms with Crippen LogP contribution in [-0.4, -0.2) is 45.7 Å². The fourth-order valence-corrected chi connectivity index (χ4v) is 4.92. The van der Waals surface area contributed by atoms with Gasteiger partial charge in [-0.15, -0.1) is 10.2 Å². The van der Waals surface area contributed by atoms with Crippen LogP contribution in [0, 0.1) is 6.92 Å². The lowest BCUT2D eigenvalue weighted by Gasteiger charge is -2.22. The summed E-state index contributed by atoms with van der Waals surface area (Å²) in [4.78, 5) is 17.5. The molecule has 0 bridgehead atoms. The molecule has 5 rings (SSSR count). The fourth-order valence-electron chi connectivity index (χ4n) is 4.92. The van der Waals surface area contributed by atoms with Gasteiger partial charge in [0.25, 0.3) is 5.91 Å². The lowest BCUT2D eigenvalue weighted by Crippen LogP contribution is -2.30. The zero-order valence-electron chi connectivity index (χ0n) is 21.8. The Kier molecular flexibility index (Phi) is 7.32. The topological polar surface area (TPSA) is 66.3 Å². The second-order valence-electron chi connectivity index (χ2n) is 9.72. The van der Waals surface area contributed by atoms with Crippen LogP contribution < -0.4 is 10.2 Å². The first-order valence-electron chi connectivity index (χ1n) is 12.9. The molecule has 0 saturated heterocycles. The summed E-state index contributed by atoms with van der Waals surface area (Å²) < 4.78 is 2.18. The SMILES string of the molecule is Cc1ccccc1C(=O)NC(C)c1nnc2n1CCN(Cc1ccc(N(C)c3ccccc3)cc1)CC2. The molecule has 1 unspecified atom stereocenters. The first-order valence-corrected chi connectivity index (χ1v) is 12.9. The van der Waals surface area contributed by atoms with E-state index >= 15 is 0 Å². The Hall–Kier alpha value is -3.97. The molecule has 1 aromatic heterocycles. The number of para-hydroxylation sites is 1. The fraction of sp³-hybridized carbons (Fsp3) is 0.300. The van der Waals surface area contributed by atoms with E-state index in [0.29, 0.717) is 5.56 Å². The number of aryl methyl sites for hydroxylation is 1. The van der Waals surface area contributed by atoms with Gasteiger partial charge in [0, 0.05) is 56.6 Å². The molecule has 1 atom stereocenters. The van der Waals surface area contributed by atoms with Gasteiger partial charge in [-0.1, -0.05) is 48.5 Å². The van der Waals surface area contributed by atoms with E-state index in [2.05, 4.69) is 85.5 Å². The molecule has 0 radical (unpaired) electrons. The minimum atomic E-state index is -0.228. The number of carbonyl (C=O) groups excluding carboxylic acids is 1. The zero-order valence-corrected chi connectivity index (χ0v) is 21.8. The Morgan fingerprint density at radius 3 is 2.38 bits per heavy atom. The molecule has 1 N–H and O–H groups in total. The Bertz CT molecular complexity index is 1350. The quantitative estimate of drug-likeness (QED) is 0.396. The predicted molar refractivity (Wildman–Crippen MR) is 147 cm³/mol. The molecular weight excluding hydrogens is 460 g/mol. The molecular formula is C30H34N6O. The van der Waals surface area contributed by atoms with Gasteiger partial charge in [-0.05, 0) is 55.3 Å². The monoisotopic (exact) mass is 494 g/mol. The van der Waals surface area contributed by atoms with Crippen LogP contribution in [0.3, 0.4) is 0 Å². The van der Waals surface area contributed by atoms with Gasteiger partial charge < -0.3 is 14.8 Å². The summed E-state index contributed by atoms with van der Waals surface area (Å²) in [5.41, 5.74) is 5.29. The second-order valence-corrected chi connectivity index (χ2v) is 9.72. The van der Waals surface area contributed by atoms with Crippen LogP contribution in [0.2, 0.25) is 0 Å². The summed E-state index contributed by atoms with van der Waals surface area (Å²) in [5.74, 6) is 1.71. The van der Waals surface area contributed by atoms with Gasteiger partial charge in [-0.25, -0.2) is 0 Å². The molecule has 2 heterocycles. The van der Waals surface area contributed by atoms with Crippen LogP contribution in [0.25, 0.3) is 0 Å². The lowest BCUT2D eigenvalue weighted by molar-refractivity contribution is 0.0937. The number of anilines is 2. The minimum absolute atomic E-state index is 0.0837. The van der Waals surface area contributed by atoms with Crippen molar-refractivity contribution < 1.29 is 4.79 Å². The highest BCUT2D eigenvalue weighted by Crippen LogP contribution is 2.24. The van der Waals surface area contributed by atoms with Crippen molar-refractivity contribution in [3.63, 3.8) is 0 Å². The van der Waals surface area contributed by atoms with Gasteiger partial charge in [0.1, 0.15) is 5.82 Å². The number of fused-ring (bicyclic) bond motifs is 1. The van der Waals surface area contributed by atoms with E-state index < -0.39 is 0 Å². The average Bonchev–Trinajstić information content (AvgIpc) is 3.23. The molecule has 1 aliphatic heterocycles. The van der Waals surface area contributed by atoms with E-state index in [1.165, 1.54) is 16.9 Å². The molecule has 7 nitrogen and oxygen atoms in total. The van der Waals surface area contributed by atoms with Gasteiger partial charge >= 0.3 is 0 Å². The third kappa shape index (κ3) is 5.57. The first kappa shape index (κ1) is 24.7. The molecule has 1 aliphatic rings. The molecule has 3 aromatic carbocycles. The summed E-state index contributed by atoms with van der Waals surface area (Å²) in [7, 11) is 2.09. The molecule has 0 fully saturated rings. The van der Waals surface area contributed by atoms with Crippen LogP contribution in [0.1, 0.15) is 46.1 Å². The lowest BCUT2D eigenvalue weighted by atomic mass is 10.1. The maximum atomic E-state index is 12.8. The number of nitrogens with one attached hydrogen (secondary N) is 1. The average molecular weight is 495 g/mol. The van der Waals surface area contributed by atoms with E-state index in [1.807, 2.05) is 44.2 Å². The van der Waals surface area contributed by atoms with Crippen LogP contribution >= 0.6 is 0 Å². The minimum Gasteiger partial charge on any atom is -0.345 e. The molecule has 190 valence electrons. The number of amides is 1. The number of hydrogen-bond acceptors (Lipinski definition) is 5. The number of nitrogens with zero attached hydrogens (tertiary/aromatic N) is 5. The van der Waals surface area contributed by atoms with Crippen LogP contribution in [-0.2, 0) is 19.5 Å². The highest BCUT2D eigenvalue weighted by Gasteiger charge is 2.23. The first-order chi connectivity index (χ1) is 18.0. The smallest absolute Gasteiger partial charge is 0.252 e. The zero-order chi connectivity index (χ0) is 25.8. The summed E-state index contributed by atoms with van der Waals surface area (Å²) in [6, 6.07) is 26.6. The van der Waals surface area contributed by atoms with E-state index in [4.69, 9.17) is 0 Å². The molecule has 0 aliphatic carbocycles. The maximum Gasteiger partial charge on any atom is 0.252 e. The van der Waals surface area contributed by atoms with E-state index in [9.17, 15) is 4.79 Å². The maximum absolute atomic E-state index is 12.8. The largest absolute Gasteiger partial charge is 0.345 e. The molecule has 0 spiro atoms. The molecule has 4 aromatic rings. The molecule has 1 amide bonds. The Balaban J connectivity index is 1.20. The van der Waals surface area contributed by atoms with E-state index in [1.54, 1.807) is 0 Å². The van der Waals surface area contributed by atoms with Gasteiger partial charge in [0.2, 0.25) is 0 Å². The van der Waals surface area contributed by atoms with Crippen molar-refractivity contribution in [3.8, 4) is 0 Å². The third-order valence-electron chi connectivity index (χ3n) is 7.15. The number of hydrogen-bond donors (Lipinski definition) is 1. The van der Waals surface area contributed by atoms with Crippen molar-refractivity contribution in [2.45, 2.75) is 39.4 Å². The van der Waals surface area contributed by atoms with Gasteiger partial charge in [0.05, 0.1) is 6.04 Å². The van der Waals surface area contributed by atoms with Crippen LogP contribution in [0.5, 0.6) is 0 Å². The molecule has 0 saturated carbocycles. The number of aromatic nitrogens is 3. The molecule has 37 heavy (non-hydrogen) atoms. The van der Waals surface area contributed by atoms with E-state index in [-0.39, 0.29) is 11.9 Å². The summed E-state index contributed by atoms with van der Waals surface area (Å²) in [5, 5.41) is 12.0. The van der Waals surface area contributed by atoms with Crippen molar-refractivity contribution >= 4 is 17.3 Å². The van der Waals surface area contributed by atoms with E-state index in [0.717, 1.165) is 49.8 Å². The predicted octanol–water partition coefficient (Wildman–Crippen LogP) is 4.90. The van der Waals surface area contributed by atoms with Gasteiger partial charge in [-0.3, -0.25) is 9.69 Å². The summed E-state index contributed by atoms with van der Waals surface area (Å²) in [6.45, 7) is 7.45. The number of benzene rings is 3. The summed E-state index contributed by atoms with van der Waals surface area (Å²) in [6.07, 6.45) is 0.834. The molecule has 7 heteroatoms. The van der Waals surface area contributed by atoms with Crippen molar-refractivity contribution in [1.82, 2.24) is 25.0 Å². The standard InChI is InChI=1S/C30H34N6O/c1-22-9-7-8-12-27(22)30(37)31-23(2)29-33-32-28-17-18-35(19-20-36(28)29)21-24-13-15-26(16-14-24)34(3)25-10-5-4-6-11-25/h4-16,23H,17-21H2,1-3H3,(H,31,37). The highest BCUT2D eigenvalue weighted by molar-refractivity contribution is 5.95. The normalized spacial score (nSPS) is 14.5. The van der Waals surface area contributed by atoms with Crippen LogP contribution in [0.15, 0.2) is 78.9 Å². The van der Waals surface area contributed by atoms with Crippen molar-refractivity contribution in [2.75, 3.05) is 25.0 Å². The Morgan fingerprint density at radius 2 is 1.62 bits per heavy atom. The number of carbonyl (C=O) groups is 1. The second kappa shape index (κ2) is 11.0. The summed E-state index contributed by atoms with van der Waals surface area (Å²) >= 11 is 0. The van der Waals surface area contributed by atoms with Gasteiger partial charge in [0.15, 0.2) is 5.82 Å². The Morgan fingerprint density at radius 1 is 0.919 bits per heavy atom. The van der Waals surface area contributed by atoms with Crippen LogP contribution in [0.4, 0.5) is 11.4 Å². The number of rotatable bonds is 7. The highest BCUT2D eigenvalue weighted by atomic mass is 16.1. The van der Waals surface area contributed by atoms with Gasteiger partial charge in [-0.2, -0.15) is 0 Å².